The zero-order valence-electron chi connectivity index (χ0n) is 32.1. The number of anilines is 2. The van der Waals surface area contributed by atoms with Crippen molar-refractivity contribution in [3.63, 3.8) is 0 Å². The Balaban J connectivity index is 1.13. The molecule has 1 spiro atoms. The van der Waals surface area contributed by atoms with Crippen LogP contribution in [0.25, 0.3) is 0 Å². The highest BCUT2D eigenvalue weighted by atomic mass is 28.4. The lowest BCUT2D eigenvalue weighted by molar-refractivity contribution is -0.385. The number of hydrogen-bond acceptors (Lipinski definition) is 9. The Hall–Kier alpha value is -5.54. The first-order chi connectivity index (χ1) is 27.3. The molecular weight excluding hydrogens is 743 g/mol. The van der Waals surface area contributed by atoms with E-state index in [4.69, 9.17) is 9.84 Å². The topological polar surface area (TPSA) is 166 Å². The van der Waals surface area contributed by atoms with E-state index in [-0.39, 0.29) is 43.5 Å². The highest BCUT2D eigenvalue weighted by Gasteiger charge is 2.67. The first-order valence-electron chi connectivity index (χ1n) is 19.3. The number of hydrogen-bond donors (Lipinski definition) is 2. The second kappa shape index (κ2) is 14.8. The van der Waals surface area contributed by atoms with Crippen LogP contribution in [0.4, 0.5) is 17.1 Å². The van der Waals surface area contributed by atoms with Gasteiger partial charge >= 0.3 is 0 Å². The van der Waals surface area contributed by atoms with Crippen LogP contribution in [0.5, 0.6) is 0 Å². The van der Waals surface area contributed by atoms with Gasteiger partial charge in [-0.15, -0.1) is 0 Å². The van der Waals surface area contributed by atoms with Gasteiger partial charge in [0, 0.05) is 48.5 Å². The highest BCUT2D eigenvalue weighted by Crippen LogP contribution is 2.60. The van der Waals surface area contributed by atoms with Crippen LogP contribution >= 0.6 is 0 Å². The monoisotopic (exact) mass is 787 g/mol. The molecule has 57 heavy (non-hydrogen) atoms. The fourth-order valence-electron chi connectivity index (χ4n) is 9.43. The molecule has 3 amide bonds. The minimum Gasteiger partial charge on any atom is -0.432 e. The molecule has 4 aromatic rings. The minimum absolute atomic E-state index is 0.0478. The minimum atomic E-state index is -3.19. The summed E-state index contributed by atoms with van der Waals surface area (Å²) >= 11 is 0. The molecule has 0 bridgehead atoms. The third-order valence-corrected chi connectivity index (χ3v) is 14.6. The molecule has 5 atom stereocenters. The number of rotatable bonds is 9. The Morgan fingerprint density at radius 1 is 0.982 bits per heavy atom. The predicted octanol–water partition coefficient (Wildman–Crippen LogP) is 5.81. The molecule has 4 aliphatic heterocycles. The van der Waals surface area contributed by atoms with Crippen molar-refractivity contribution in [3.8, 4) is 0 Å². The summed E-state index contributed by atoms with van der Waals surface area (Å²) in [6, 6.07) is 28.5. The van der Waals surface area contributed by atoms with E-state index >= 15 is 4.79 Å². The molecule has 0 radical (unpaired) electrons. The summed E-state index contributed by atoms with van der Waals surface area (Å²) in [6.07, 6.45) is 0.248. The molecule has 13 nitrogen and oxygen atoms in total. The molecule has 0 saturated carbocycles. The molecule has 1 saturated heterocycles. The number of non-ortho nitro benzene ring substituents is 1. The van der Waals surface area contributed by atoms with E-state index in [2.05, 4.69) is 0 Å². The Kier molecular flexibility index (Phi) is 9.92. The SMILES string of the molecule is C[C@H]1[C@H]([Si](C)(C)O)[C@@H](CC(=O)N2Cc3ccccc3C[C@H]2CO)O[C@]12C(=O)N(Cc1cccc(N3N=C(c4ccccc4)CCC3=O)c1)c1ccc([N+](=O)[O-])cc12. The molecule has 4 aromatic carbocycles. The van der Waals surface area contributed by atoms with E-state index < -0.39 is 48.4 Å². The molecule has 0 aromatic heterocycles. The van der Waals surface area contributed by atoms with Gasteiger partial charge in [0.1, 0.15) is 0 Å². The van der Waals surface area contributed by atoms with Crippen LogP contribution in [-0.4, -0.2) is 70.2 Å². The maximum absolute atomic E-state index is 15.1. The third-order valence-electron chi connectivity index (χ3n) is 12.1. The Morgan fingerprint density at radius 2 is 1.72 bits per heavy atom. The summed E-state index contributed by atoms with van der Waals surface area (Å²) in [4.78, 5) is 69.1. The molecule has 0 aliphatic carbocycles. The smallest absolute Gasteiger partial charge is 0.269 e. The number of nitrogens with zero attached hydrogens (tertiary/aromatic N) is 5. The molecule has 14 heteroatoms. The number of fused-ring (bicyclic) bond motifs is 3. The number of nitro groups is 1. The van der Waals surface area contributed by atoms with E-state index in [1.165, 1.54) is 17.1 Å². The maximum atomic E-state index is 15.1. The van der Waals surface area contributed by atoms with Gasteiger partial charge in [0.05, 0.1) is 53.7 Å². The van der Waals surface area contributed by atoms with Gasteiger partial charge in [-0.1, -0.05) is 73.7 Å². The molecular formula is C43H45N5O8Si. The summed E-state index contributed by atoms with van der Waals surface area (Å²) in [5.41, 5.74) is 3.18. The Morgan fingerprint density at radius 3 is 2.44 bits per heavy atom. The largest absolute Gasteiger partial charge is 0.432 e. The Bertz CT molecular complexity index is 2300. The quantitative estimate of drug-likeness (QED) is 0.122. The van der Waals surface area contributed by atoms with Gasteiger partial charge in [0.25, 0.3) is 11.6 Å². The lowest BCUT2D eigenvalue weighted by Gasteiger charge is -2.37. The maximum Gasteiger partial charge on any atom is 0.269 e. The predicted molar refractivity (Wildman–Crippen MR) is 216 cm³/mol. The highest BCUT2D eigenvalue weighted by molar-refractivity contribution is 6.71. The zero-order valence-corrected chi connectivity index (χ0v) is 33.1. The number of nitro benzene ring substituents is 1. The van der Waals surface area contributed by atoms with Gasteiger partial charge in [-0.25, -0.2) is 5.01 Å². The average molecular weight is 788 g/mol. The van der Waals surface area contributed by atoms with Crippen molar-refractivity contribution in [1.29, 1.82) is 0 Å². The van der Waals surface area contributed by atoms with Gasteiger partial charge in [0.2, 0.25) is 11.8 Å². The van der Waals surface area contributed by atoms with E-state index in [1.54, 1.807) is 47.2 Å². The number of carbonyl (C=O) groups is 3. The number of ether oxygens (including phenoxy) is 1. The van der Waals surface area contributed by atoms with Gasteiger partial charge < -0.3 is 24.4 Å². The fraction of sp³-hybridized carbons (Fsp3) is 0.349. The lowest BCUT2D eigenvalue weighted by atomic mass is 9.82. The number of aliphatic hydroxyl groups is 1. The number of amides is 3. The zero-order chi connectivity index (χ0) is 40.2. The molecule has 294 valence electrons. The van der Waals surface area contributed by atoms with E-state index in [0.29, 0.717) is 41.9 Å². The fourth-order valence-corrected chi connectivity index (χ4v) is 12.0. The number of aliphatic hydroxyl groups excluding tert-OH is 1. The average Bonchev–Trinajstić information content (AvgIpc) is 3.63. The third kappa shape index (κ3) is 6.75. The lowest BCUT2D eigenvalue weighted by Crippen LogP contribution is -2.48. The van der Waals surface area contributed by atoms with Crippen molar-refractivity contribution in [3.05, 3.63) is 135 Å². The first-order valence-corrected chi connectivity index (χ1v) is 22.4. The molecule has 0 unspecified atom stereocenters. The van der Waals surface area contributed by atoms with Gasteiger partial charge in [-0.3, -0.25) is 24.5 Å². The van der Waals surface area contributed by atoms with Crippen molar-refractivity contribution in [2.45, 2.75) is 82.1 Å². The van der Waals surface area contributed by atoms with Crippen LogP contribution in [0, 0.1) is 16.0 Å². The first kappa shape index (κ1) is 38.3. The number of benzene rings is 4. The standard InChI is InChI=1S/C43H45N5O8Si/c1-27-41(57(2,3)55)38(23-40(51)45-25-31-14-8-7-13-30(31)21-34(45)26-49)56-43(27)35-22-33(48(53)54)16-18-37(35)46(42(43)52)24-28-10-9-15-32(20-28)47-39(50)19-17-36(44-47)29-11-5-4-6-12-29/h4-16,18,20,22,27,34,38,41,49,55H,17,19,21,23-26H2,1-3H3/t27-,34-,38+,41-,43+/m0/s1. The van der Waals surface area contributed by atoms with Crippen LogP contribution in [-0.2, 0) is 44.2 Å². The second-order valence-electron chi connectivity index (χ2n) is 16.0. The Labute approximate surface area is 331 Å². The molecule has 4 heterocycles. The summed E-state index contributed by atoms with van der Waals surface area (Å²) in [7, 11) is -3.19. The van der Waals surface area contributed by atoms with Gasteiger partial charge in [-0.2, -0.15) is 5.10 Å². The summed E-state index contributed by atoms with van der Waals surface area (Å²) in [5.74, 6) is -1.55. The second-order valence-corrected chi connectivity index (χ2v) is 20.0. The van der Waals surface area contributed by atoms with Crippen LogP contribution in [0.15, 0.2) is 102 Å². The van der Waals surface area contributed by atoms with Crippen LogP contribution in [0.1, 0.15) is 54.0 Å². The number of hydrazone groups is 1. The van der Waals surface area contributed by atoms with Crippen LogP contribution in [0.3, 0.4) is 0 Å². The molecule has 8 rings (SSSR count). The van der Waals surface area contributed by atoms with Crippen molar-refractivity contribution >= 4 is 48.8 Å². The molecule has 2 N–H and O–H groups in total. The van der Waals surface area contributed by atoms with Gasteiger partial charge in [0.15, 0.2) is 13.9 Å². The summed E-state index contributed by atoms with van der Waals surface area (Å²) < 4.78 is 6.87. The van der Waals surface area contributed by atoms with Crippen LogP contribution in [0.2, 0.25) is 18.6 Å². The van der Waals surface area contributed by atoms with Gasteiger partial charge in [-0.05, 0) is 60.0 Å². The number of carbonyl (C=O) groups excluding carboxylic acids is 3. The van der Waals surface area contributed by atoms with Crippen LogP contribution < -0.4 is 9.91 Å². The summed E-state index contributed by atoms with van der Waals surface area (Å²) in [5, 5.41) is 28.6. The summed E-state index contributed by atoms with van der Waals surface area (Å²) in [6.45, 7) is 5.46. The van der Waals surface area contributed by atoms with Crippen molar-refractivity contribution in [2.75, 3.05) is 16.5 Å². The molecule has 4 aliphatic rings. The van der Waals surface area contributed by atoms with Crippen molar-refractivity contribution < 1.29 is 33.9 Å². The van der Waals surface area contributed by atoms with Crippen molar-refractivity contribution in [2.24, 2.45) is 11.0 Å². The van der Waals surface area contributed by atoms with E-state index in [1.807, 2.05) is 67.6 Å². The molecule has 1 fully saturated rings. The van der Waals surface area contributed by atoms with Crippen molar-refractivity contribution in [1.82, 2.24) is 4.90 Å². The normalized spacial score (nSPS) is 24.4. The van der Waals surface area contributed by atoms with E-state index in [9.17, 15) is 29.6 Å². The van der Waals surface area contributed by atoms with E-state index in [0.717, 1.165) is 22.4 Å².